The molecule has 3 aliphatic rings. The molecule has 2 aliphatic heterocycles. The predicted molar refractivity (Wildman–Crippen MR) is 125 cm³/mol. The summed E-state index contributed by atoms with van der Waals surface area (Å²) in [6, 6.07) is 7.78. The molecule has 32 heavy (non-hydrogen) atoms. The van der Waals surface area contributed by atoms with E-state index in [1.807, 2.05) is 29.2 Å². The van der Waals surface area contributed by atoms with Crippen LogP contribution >= 0.6 is 0 Å². The standard InChI is InChI=1S/C26H34N4O2/c1-18-23-6-4-14-30(16-20-7-8-20)26(23)28-25(27-18)21-5-3-13-29(17-21)24(31)15-19-9-11-22(32-2)12-10-19/h9-12,20-21H,3-8,13-17H2,1-2H3/t21-/m0/s1. The topological polar surface area (TPSA) is 58.6 Å². The van der Waals surface area contributed by atoms with Crippen LogP contribution in [-0.4, -0.2) is 54.1 Å². The number of piperidine rings is 1. The largest absolute Gasteiger partial charge is 0.497 e. The third-order valence-corrected chi connectivity index (χ3v) is 7.19. The lowest BCUT2D eigenvalue weighted by Crippen LogP contribution is -2.40. The van der Waals surface area contributed by atoms with E-state index in [9.17, 15) is 4.79 Å². The number of nitrogens with zero attached hydrogens (tertiary/aromatic N) is 4. The maximum absolute atomic E-state index is 13.0. The summed E-state index contributed by atoms with van der Waals surface area (Å²) in [6.07, 6.45) is 7.47. The van der Waals surface area contributed by atoms with Crippen molar-refractivity contribution in [1.82, 2.24) is 14.9 Å². The van der Waals surface area contributed by atoms with Crippen molar-refractivity contribution in [2.75, 3.05) is 38.2 Å². The van der Waals surface area contributed by atoms with E-state index < -0.39 is 0 Å². The summed E-state index contributed by atoms with van der Waals surface area (Å²) in [4.78, 5) is 27.6. The first-order valence-corrected chi connectivity index (χ1v) is 12.1. The Labute approximate surface area is 191 Å². The third-order valence-electron chi connectivity index (χ3n) is 7.19. The van der Waals surface area contributed by atoms with Gasteiger partial charge in [0.05, 0.1) is 13.5 Å². The third kappa shape index (κ3) is 4.59. The van der Waals surface area contributed by atoms with Crippen LogP contribution in [0.15, 0.2) is 24.3 Å². The molecule has 0 spiro atoms. The lowest BCUT2D eigenvalue weighted by atomic mass is 9.95. The summed E-state index contributed by atoms with van der Waals surface area (Å²) < 4.78 is 5.22. The first-order valence-electron chi connectivity index (χ1n) is 12.1. The number of amides is 1. The fourth-order valence-corrected chi connectivity index (χ4v) is 5.13. The SMILES string of the molecule is COc1ccc(CC(=O)N2CCC[C@H](c3nc(C)c4c(n3)N(CC3CC3)CCC4)C2)cc1. The van der Waals surface area contributed by atoms with Crippen LogP contribution in [0, 0.1) is 12.8 Å². The van der Waals surface area contributed by atoms with Crippen molar-refractivity contribution in [2.24, 2.45) is 5.92 Å². The first-order chi connectivity index (χ1) is 15.6. The van der Waals surface area contributed by atoms with Crippen molar-refractivity contribution in [3.8, 4) is 5.75 Å². The summed E-state index contributed by atoms with van der Waals surface area (Å²) in [5.41, 5.74) is 3.49. The Bertz CT molecular complexity index is 971. The minimum Gasteiger partial charge on any atom is -0.497 e. The molecule has 1 aromatic carbocycles. The number of hydrogen-bond acceptors (Lipinski definition) is 5. The molecule has 0 N–H and O–H groups in total. The number of carbonyl (C=O) groups excluding carboxylic acids is 1. The van der Waals surface area contributed by atoms with E-state index in [-0.39, 0.29) is 11.8 Å². The molecule has 0 bridgehead atoms. The number of benzene rings is 1. The Balaban J connectivity index is 1.30. The Morgan fingerprint density at radius 3 is 2.66 bits per heavy atom. The van der Waals surface area contributed by atoms with Gasteiger partial charge in [-0.2, -0.15) is 0 Å². The zero-order valence-electron chi connectivity index (χ0n) is 19.3. The van der Waals surface area contributed by atoms with Gasteiger partial charge >= 0.3 is 0 Å². The van der Waals surface area contributed by atoms with Gasteiger partial charge in [-0.05, 0) is 69.1 Å². The monoisotopic (exact) mass is 434 g/mol. The molecule has 1 saturated heterocycles. The van der Waals surface area contributed by atoms with Gasteiger partial charge in [0.1, 0.15) is 17.4 Å². The van der Waals surface area contributed by atoms with Gasteiger partial charge in [-0.3, -0.25) is 4.79 Å². The van der Waals surface area contributed by atoms with Crippen LogP contribution in [0.25, 0.3) is 0 Å². The minimum atomic E-state index is 0.185. The van der Waals surface area contributed by atoms with Crippen molar-refractivity contribution < 1.29 is 9.53 Å². The van der Waals surface area contributed by atoms with Gasteiger partial charge in [0, 0.05) is 43.4 Å². The highest BCUT2D eigenvalue weighted by Crippen LogP contribution is 2.36. The highest BCUT2D eigenvalue weighted by atomic mass is 16.5. The normalized spacial score (nSPS) is 20.8. The summed E-state index contributed by atoms with van der Waals surface area (Å²) >= 11 is 0. The van der Waals surface area contributed by atoms with Crippen molar-refractivity contribution >= 4 is 11.7 Å². The molecule has 1 amide bonds. The smallest absolute Gasteiger partial charge is 0.227 e. The second kappa shape index (κ2) is 9.08. The van der Waals surface area contributed by atoms with E-state index in [2.05, 4.69) is 11.8 Å². The number of ether oxygens (including phenoxy) is 1. The number of hydrogen-bond donors (Lipinski definition) is 0. The van der Waals surface area contributed by atoms with Gasteiger partial charge in [0.2, 0.25) is 5.91 Å². The predicted octanol–water partition coefficient (Wildman–Crippen LogP) is 3.90. The maximum atomic E-state index is 13.0. The minimum absolute atomic E-state index is 0.185. The second-order valence-electron chi connectivity index (χ2n) is 9.67. The van der Waals surface area contributed by atoms with E-state index in [0.29, 0.717) is 6.42 Å². The number of methoxy groups -OCH3 is 1. The number of carbonyl (C=O) groups is 1. The van der Waals surface area contributed by atoms with Gasteiger partial charge < -0.3 is 14.5 Å². The Hall–Kier alpha value is -2.63. The van der Waals surface area contributed by atoms with Gasteiger partial charge in [-0.15, -0.1) is 0 Å². The van der Waals surface area contributed by atoms with Crippen molar-refractivity contribution in [3.05, 3.63) is 46.9 Å². The molecule has 5 rings (SSSR count). The summed E-state index contributed by atoms with van der Waals surface area (Å²) in [5, 5.41) is 0. The highest BCUT2D eigenvalue weighted by Gasteiger charge is 2.31. The van der Waals surface area contributed by atoms with Crippen molar-refractivity contribution in [1.29, 1.82) is 0 Å². The molecule has 2 fully saturated rings. The van der Waals surface area contributed by atoms with Crippen molar-refractivity contribution in [3.63, 3.8) is 0 Å². The van der Waals surface area contributed by atoms with Gasteiger partial charge in [-0.25, -0.2) is 9.97 Å². The quantitative estimate of drug-likeness (QED) is 0.690. The average molecular weight is 435 g/mol. The molecule has 0 radical (unpaired) electrons. The van der Waals surface area contributed by atoms with Gasteiger partial charge in [0.15, 0.2) is 0 Å². The molecule has 1 saturated carbocycles. The van der Waals surface area contributed by atoms with E-state index in [1.54, 1.807) is 7.11 Å². The summed E-state index contributed by atoms with van der Waals surface area (Å²) in [6.45, 7) is 5.93. The van der Waals surface area contributed by atoms with Crippen LogP contribution in [0.3, 0.4) is 0 Å². The average Bonchev–Trinajstić information content (AvgIpc) is 3.64. The lowest BCUT2D eigenvalue weighted by molar-refractivity contribution is -0.131. The zero-order chi connectivity index (χ0) is 22.1. The molecule has 170 valence electrons. The van der Waals surface area contributed by atoms with Crippen molar-refractivity contribution in [2.45, 2.75) is 57.8 Å². The van der Waals surface area contributed by atoms with E-state index >= 15 is 0 Å². The first kappa shape index (κ1) is 21.2. The maximum Gasteiger partial charge on any atom is 0.227 e. The van der Waals surface area contributed by atoms with Gasteiger partial charge in [-0.1, -0.05) is 12.1 Å². The fraction of sp³-hybridized carbons (Fsp3) is 0.577. The second-order valence-corrected chi connectivity index (χ2v) is 9.67. The Morgan fingerprint density at radius 1 is 1.09 bits per heavy atom. The Kier molecular flexibility index (Phi) is 6.03. The molecule has 6 heteroatoms. The van der Waals surface area contributed by atoms with E-state index in [0.717, 1.165) is 74.2 Å². The molecular weight excluding hydrogens is 400 g/mol. The number of aromatic nitrogens is 2. The molecule has 2 aromatic rings. The molecule has 1 aromatic heterocycles. The van der Waals surface area contributed by atoms with Crippen LogP contribution in [0.2, 0.25) is 0 Å². The lowest BCUT2D eigenvalue weighted by Gasteiger charge is -2.34. The number of likely N-dealkylation sites (tertiary alicyclic amines) is 1. The van der Waals surface area contributed by atoms with Crippen LogP contribution in [-0.2, 0) is 17.6 Å². The summed E-state index contributed by atoms with van der Waals surface area (Å²) in [7, 11) is 1.66. The van der Waals surface area contributed by atoms with Crippen LogP contribution < -0.4 is 9.64 Å². The molecule has 0 unspecified atom stereocenters. The Morgan fingerprint density at radius 2 is 1.91 bits per heavy atom. The van der Waals surface area contributed by atoms with Crippen LogP contribution in [0.4, 0.5) is 5.82 Å². The fourth-order valence-electron chi connectivity index (χ4n) is 5.13. The molecular formula is C26H34N4O2. The molecule has 1 atom stereocenters. The number of aryl methyl sites for hydroxylation is 1. The van der Waals surface area contributed by atoms with E-state index in [1.165, 1.54) is 30.6 Å². The molecule has 6 nitrogen and oxygen atoms in total. The van der Waals surface area contributed by atoms with Crippen LogP contribution in [0.1, 0.15) is 60.7 Å². The van der Waals surface area contributed by atoms with E-state index in [4.69, 9.17) is 14.7 Å². The number of rotatable bonds is 6. The molecule has 3 heterocycles. The highest BCUT2D eigenvalue weighted by molar-refractivity contribution is 5.79. The number of anilines is 1. The van der Waals surface area contributed by atoms with Crippen LogP contribution in [0.5, 0.6) is 5.75 Å². The molecule has 1 aliphatic carbocycles. The summed E-state index contributed by atoms with van der Waals surface area (Å²) in [5.74, 6) is 4.18. The zero-order valence-corrected chi connectivity index (χ0v) is 19.3. The van der Waals surface area contributed by atoms with Gasteiger partial charge in [0.25, 0.3) is 0 Å². The number of fused-ring (bicyclic) bond motifs is 1.